The minimum Gasteiger partial charge on any atom is -0.397 e. The summed E-state index contributed by atoms with van der Waals surface area (Å²) in [6.07, 6.45) is 0. The third-order valence-electron chi connectivity index (χ3n) is 1.21. The van der Waals surface area contributed by atoms with Gasteiger partial charge in [-0.3, -0.25) is 0 Å². The summed E-state index contributed by atoms with van der Waals surface area (Å²) in [6.45, 7) is 2.85. The van der Waals surface area contributed by atoms with Crippen molar-refractivity contribution in [1.29, 1.82) is 5.26 Å². The number of anilines is 2. The molecule has 0 spiro atoms. The molecule has 3 N–H and O–H groups in total. The topological polar surface area (TPSA) is 61.8 Å². The summed E-state index contributed by atoms with van der Waals surface area (Å²) in [4.78, 5) is 0.584. The molecule has 4 heteroatoms. The first-order chi connectivity index (χ1) is 5.27. The van der Waals surface area contributed by atoms with Crippen molar-refractivity contribution in [2.24, 2.45) is 0 Å². The Morgan fingerprint density at radius 2 is 2.55 bits per heavy atom. The first-order valence-electron chi connectivity index (χ1n) is 3.31. The van der Waals surface area contributed by atoms with Crippen LogP contribution in [0.3, 0.4) is 0 Å². The lowest BCUT2D eigenvalue weighted by Gasteiger charge is -1.93. The number of nitrogens with two attached hydrogens (primary N) is 1. The van der Waals surface area contributed by atoms with Crippen LogP contribution in [0.15, 0.2) is 6.07 Å². The molecule has 0 fully saturated rings. The Morgan fingerprint density at radius 3 is 3.00 bits per heavy atom. The third-order valence-corrected chi connectivity index (χ3v) is 2.23. The predicted molar refractivity (Wildman–Crippen MR) is 47.6 cm³/mol. The summed E-state index contributed by atoms with van der Waals surface area (Å²) in [5.74, 6) is 0. The van der Waals surface area contributed by atoms with Gasteiger partial charge in [0, 0.05) is 6.54 Å². The fourth-order valence-corrected chi connectivity index (χ4v) is 1.60. The SMILES string of the molecule is CCNc1cc(N)c(C#N)s1. The molecule has 1 heterocycles. The van der Waals surface area contributed by atoms with Gasteiger partial charge in [-0.1, -0.05) is 0 Å². The fraction of sp³-hybridized carbons (Fsp3) is 0.286. The van der Waals surface area contributed by atoms with E-state index in [1.165, 1.54) is 11.3 Å². The van der Waals surface area contributed by atoms with Crippen LogP contribution in [0, 0.1) is 11.3 Å². The molecule has 3 nitrogen and oxygen atoms in total. The first-order valence-corrected chi connectivity index (χ1v) is 4.13. The number of nitrogens with zero attached hydrogens (tertiary/aromatic N) is 1. The molecule has 1 aromatic rings. The van der Waals surface area contributed by atoms with E-state index in [1.807, 2.05) is 13.0 Å². The summed E-state index contributed by atoms with van der Waals surface area (Å²) in [7, 11) is 0. The zero-order chi connectivity index (χ0) is 8.27. The quantitative estimate of drug-likeness (QED) is 0.703. The van der Waals surface area contributed by atoms with E-state index in [2.05, 4.69) is 5.32 Å². The van der Waals surface area contributed by atoms with Crippen molar-refractivity contribution in [3.05, 3.63) is 10.9 Å². The van der Waals surface area contributed by atoms with Gasteiger partial charge in [-0.2, -0.15) is 5.26 Å². The molecule has 0 bridgehead atoms. The largest absolute Gasteiger partial charge is 0.397 e. The highest BCUT2D eigenvalue weighted by molar-refractivity contribution is 7.17. The van der Waals surface area contributed by atoms with E-state index in [0.717, 1.165) is 11.5 Å². The summed E-state index contributed by atoms with van der Waals surface area (Å²) >= 11 is 1.39. The first kappa shape index (κ1) is 7.89. The maximum absolute atomic E-state index is 8.55. The van der Waals surface area contributed by atoms with Crippen molar-refractivity contribution in [3.8, 4) is 6.07 Å². The molecule has 0 unspecified atom stereocenters. The Morgan fingerprint density at radius 1 is 1.82 bits per heavy atom. The van der Waals surface area contributed by atoms with Crippen LogP contribution in [0.2, 0.25) is 0 Å². The maximum Gasteiger partial charge on any atom is 0.129 e. The van der Waals surface area contributed by atoms with Crippen LogP contribution in [0.25, 0.3) is 0 Å². The molecule has 0 amide bonds. The van der Waals surface area contributed by atoms with E-state index in [1.54, 1.807) is 6.07 Å². The molecule has 0 aromatic carbocycles. The van der Waals surface area contributed by atoms with E-state index < -0.39 is 0 Å². The highest BCUT2D eigenvalue weighted by atomic mass is 32.1. The van der Waals surface area contributed by atoms with Gasteiger partial charge in [0.15, 0.2) is 0 Å². The number of nitrogen functional groups attached to an aromatic ring is 1. The van der Waals surface area contributed by atoms with E-state index in [4.69, 9.17) is 11.0 Å². The molecule has 1 rings (SSSR count). The summed E-state index contributed by atoms with van der Waals surface area (Å²) in [5, 5.41) is 12.6. The van der Waals surface area contributed by atoms with Gasteiger partial charge in [0.1, 0.15) is 10.9 Å². The van der Waals surface area contributed by atoms with Gasteiger partial charge in [-0.15, -0.1) is 11.3 Å². The molecule has 0 saturated carbocycles. The Labute approximate surface area is 69.4 Å². The van der Waals surface area contributed by atoms with Crippen molar-refractivity contribution >= 4 is 22.0 Å². The second kappa shape index (κ2) is 3.26. The van der Waals surface area contributed by atoms with Gasteiger partial charge in [0.25, 0.3) is 0 Å². The highest BCUT2D eigenvalue weighted by Crippen LogP contribution is 2.27. The molecule has 0 atom stereocenters. The standard InChI is InChI=1S/C7H9N3S/c1-2-10-7-3-5(9)6(4-8)11-7/h3,10H,2,9H2,1H3. The van der Waals surface area contributed by atoms with Crippen LogP contribution in [-0.4, -0.2) is 6.54 Å². The van der Waals surface area contributed by atoms with E-state index in [-0.39, 0.29) is 0 Å². The molecule has 0 aliphatic rings. The lowest BCUT2D eigenvalue weighted by molar-refractivity contribution is 1.23. The Kier molecular flexibility index (Phi) is 2.34. The van der Waals surface area contributed by atoms with Crippen molar-refractivity contribution in [1.82, 2.24) is 0 Å². The summed E-state index contributed by atoms with van der Waals surface area (Å²) in [5.41, 5.74) is 6.09. The number of nitrogens with one attached hydrogen (secondary N) is 1. The molecule has 0 aliphatic heterocycles. The predicted octanol–water partition coefficient (Wildman–Crippen LogP) is 1.63. The smallest absolute Gasteiger partial charge is 0.129 e. The number of thiophene rings is 1. The summed E-state index contributed by atoms with van der Waals surface area (Å²) in [6, 6.07) is 3.81. The molecule has 0 aliphatic carbocycles. The Hall–Kier alpha value is -1.21. The minimum atomic E-state index is 0.563. The zero-order valence-electron chi connectivity index (χ0n) is 6.22. The van der Waals surface area contributed by atoms with Gasteiger partial charge in [0.2, 0.25) is 0 Å². The number of nitriles is 1. The van der Waals surface area contributed by atoms with E-state index in [0.29, 0.717) is 10.6 Å². The zero-order valence-corrected chi connectivity index (χ0v) is 7.03. The molecule has 11 heavy (non-hydrogen) atoms. The van der Waals surface area contributed by atoms with Crippen molar-refractivity contribution in [3.63, 3.8) is 0 Å². The van der Waals surface area contributed by atoms with Gasteiger partial charge in [-0.05, 0) is 13.0 Å². The Bertz CT molecular complexity index is 284. The molecule has 58 valence electrons. The van der Waals surface area contributed by atoms with Crippen LogP contribution < -0.4 is 11.1 Å². The van der Waals surface area contributed by atoms with E-state index in [9.17, 15) is 0 Å². The molecular formula is C7H9N3S. The average molecular weight is 167 g/mol. The second-order valence-electron chi connectivity index (χ2n) is 2.04. The van der Waals surface area contributed by atoms with Gasteiger partial charge < -0.3 is 11.1 Å². The monoisotopic (exact) mass is 167 g/mol. The number of hydrogen-bond acceptors (Lipinski definition) is 4. The minimum absolute atomic E-state index is 0.563. The van der Waals surface area contributed by atoms with Crippen molar-refractivity contribution < 1.29 is 0 Å². The van der Waals surface area contributed by atoms with Crippen molar-refractivity contribution in [2.45, 2.75) is 6.92 Å². The van der Waals surface area contributed by atoms with Crippen LogP contribution in [0.1, 0.15) is 11.8 Å². The molecular weight excluding hydrogens is 158 g/mol. The second-order valence-corrected chi connectivity index (χ2v) is 3.09. The molecule has 1 aromatic heterocycles. The number of hydrogen-bond donors (Lipinski definition) is 2. The maximum atomic E-state index is 8.55. The lowest BCUT2D eigenvalue weighted by Crippen LogP contribution is -1.92. The fourth-order valence-electron chi connectivity index (χ4n) is 0.754. The number of rotatable bonds is 2. The van der Waals surface area contributed by atoms with Crippen LogP contribution >= 0.6 is 11.3 Å². The average Bonchev–Trinajstić information content (AvgIpc) is 2.32. The third kappa shape index (κ3) is 1.63. The normalized spacial score (nSPS) is 9.09. The van der Waals surface area contributed by atoms with Crippen LogP contribution in [0.5, 0.6) is 0 Å². The van der Waals surface area contributed by atoms with Gasteiger partial charge in [0.05, 0.1) is 10.7 Å². The van der Waals surface area contributed by atoms with E-state index >= 15 is 0 Å². The van der Waals surface area contributed by atoms with Gasteiger partial charge in [-0.25, -0.2) is 0 Å². The Balaban J connectivity index is 2.89. The molecule has 0 saturated heterocycles. The molecule has 0 radical (unpaired) electrons. The van der Waals surface area contributed by atoms with Gasteiger partial charge >= 0.3 is 0 Å². The van der Waals surface area contributed by atoms with Crippen molar-refractivity contribution in [2.75, 3.05) is 17.6 Å². The summed E-state index contributed by atoms with van der Waals surface area (Å²) < 4.78 is 0. The van der Waals surface area contributed by atoms with Crippen LogP contribution in [-0.2, 0) is 0 Å². The highest BCUT2D eigenvalue weighted by Gasteiger charge is 2.03. The van der Waals surface area contributed by atoms with Crippen LogP contribution in [0.4, 0.5) is 10.7 Å². The lowest BCUT2D eigenvalue weighted by atomic mass is 10.4.